The molecular formula is C12H20N8O2. The molecule has 0 aromatic carbocycles. The van der Waals surface area contributed by atoms with Gasteiger partial charge >= 0.3 is 5.69 Å². The molecule has 2 heterocycles. The zero-order valence-corrected chi connectivity index (χ0v) is 12.4. The second kappa shape index (κ2) is 10.8. The van der Waals surface area contributed by atoms with Crippen molar-refractivity contribution < 1.29 is 4.92 Å². The predicted octanol–water partition coefficient (Wildman–Crippen LogP) is 0.556. The Balaban J connectivity index is 0.000000366. The third-order valence-corrected chi connectivity index (χ3v) is 2.30. The van der Waals surface area contributed by atoms with Gasteiger partial charge in [-0.25, -0.2) is 9.97 Å². The van der Waals surface area contributed by atoms with Crippen LogP contribution in [0.2, 0.25) is 0 Å². The highest BCUT2D eigenvalue weighted by atomic mass is 16.6. The van der Waals surface area contributed by atoms with Gasteiger partial charge in [0.25, 0.3) is 0 Å². The minimum atomic E-state index is -0.473. The summed E-state index contributed by atoms with van der Waals surface area (Å²) in [5, 5.41) is 15.8. The second-order valence-electron chi connectivity index (χ2n) is 3.57. The largest absolute Gasteiger partial charge is 0.396 e. The van der Waals surface area contributed by atoms with Gasteiger partial charge in [0.15, 0.2) is 0 Å². The summed E-state index contributed by atoms with van der Waals surface area (Å²) in [5.41, 5.74) is 6.18. The Morgan fingerprint density at radius 3 is 1.91 bits per heavy atom. The fourth-order valence-corrected chi connectivity index (χ4v) is 1.36. The zero-order valence-electron chi connectivity index (χ0n) is 12.4. The average molecular weight is 308 g/mol. The fraction of sp³-hybridized carbons (Fsp3) is 0.167. The molecular weight excluding hydrogens is 288 g/mol. The van der Waals surface area contributed by atoms with E-state index >= 15 is 0 Å². The Hall–Kier alpha value is -2.98. The number of hydrogen-bond acceptors (Lipinski definition) is 9. The fourth-order valence-electron chi connectivity index (χ4n) is 1.36. The second-order valence-corrected chi connectivity index (χ2v) is 3.57. The highest BCUT2D eigenvalue weighted by molar-refractivity contribution is 5.59. The van der Waals surface area contributed by atoms with Gasteiger partial charge in [0, 0.05) is 32.6 Å². The molecule has 0 radical (unpaired) electrons. The van der Waals surface area contributed by atoms with Gasteiger partial charge in [0.2, 0.25) is 5.82 Å². The van der Waals surface area contributed by atoms with Crippen LogP contribution in [0.1, 0.15) is 0 Å². The minimum absolute atomic E-state index is 0.00463. The smallest absolute Gasteiger partial charge is 0.311 e. The van der Waals surface area contributed by atoms with Gasteiger partial charge in [-0.05, 0) is 18.2 Å². The van der Waals surface area contributed by atoms with Gasteiger partial charge in [0.1, 0.15) is 5.82 Å². The van der Waals surface area contributed by atoms with E-state index in [2.05, 4.69) is 32.3 Å². The van der Waals surface area contributed by atoms with Crippen molar-refractivity contribution in [2.24, 2.45) is 11.7 Å². The number of nitrogens with one attached hydrogen (secondary N) is 2. The zero-order chi connectivity index (χ0) is 17.0. The predicted molar refractivity (Wildman–Crippen MR) is 87.0 cm³/mol. The van der Waals surface area contributed by atoms with E-state index in [9.17, 15) is 10.1 Å². The lowest BCUT2D eigenvalue weighted by atomic mass is 10.4. The molecule has 0 saturated heterocycles. The maximum absolute atomic E-state index is 10.3. The van der Waals surface area contributed by atoms with E-state index in [1.54, 1.807) is 32.4 Å². The minimum Gasteiger partial charge on any atom is -0.396 e. The molecule has 2 aromatic heterocycles. The molecule has 0 saturated carbocycles. The number of nitrogens with zero attached hydrogens (tertiary/aromatic N) is 3. The highest BCUT2D eigenvalue weighted by Gasteiger charge is 2.11. The first-order valence-electron chi connectivity index (χ1n) is 6.09. The standard InChI is InChI=1S/C6H7N3O2.C6H9N3.H4N2/c1-7-6-5(9(10)11)3-2-4-8-6;1-8-6-5(7)3-2-4-9-6;1-2/h2-4H,1H3,(H,7,8);2-4H,7H2,1H3,(H,8,9);1-2H2. The summed E-state index contributed by atoms with van der Waals surface area (Å²) in [4.78, 5) is 17.6. The lowest BCUT2D eigenvalue weighted by molar-refractivity contribution is -0.384. The molecule has 0 amide bonds. The maximum Gasteiger partial charge on any atom is 0.311 e. The van der Waals surface area contributed by atoms with E-state index in [0.29, 0.717) is 5.69 Å². The number of rotatable bonds is 3. The van der Waals surface area contributed by atoms with Crippen molar-refractivity contribution in [2.45, 2.75) is 0 Å². The van der Waals surface area contributed by atoms with Crippen LogP contribution in [0.5, 0.6) is 0 Å². The van der Waals surface area contributed by atoms with E-state index < -0.39 is 4.92 Å². The monoisotopic (exact) mass is 308 g/mol. The summed E-state index contributed by atoms with van der Waals surface area (Å²) in [6.45, 7) is 0. The molecule has 0 spiro atoms. The highest BCUT2D eigenvalue weighted by Crippen LogP contribution is 2.18. The number of nitro groups is 1. The lowest BCUT2D eigenvalue weighted by Crippen LogP contribution is -2.02. The number of anilines is 3. The SMILES string of the molecule is CNc1ncccc1N.CNc1ncccc1[N+](=O)[O-].NN. The number of nitrogen functional groups attached to an aromatic ring is 1. The molecule has 120 valence electrons. The van der Waals surface area contributed by atoms with Crippen molar-refractivity contribution in [1.82, 2.24) is 9.97 Å². The van der Waals surface area contributed by atoms with E-state index in [4.69, 9.17) is 5.73 Å². The first-order valence-corrected chi connectivity index (χ1v) is 6.09. The van der Waals surface area contributed by atoms with E-state index in [1.807, 2.05) is 0 Å². The van der Waals surface area contributed by atoms with Crippen LogP contribution in [-0.2, 0) is 0 Å². The number of pyridine rings is 2. The Bertz CT molecular complexity index is 579. The van der Waals surface area contributed by atoms with Crippen molar-refractivity contribution in [1.29, 1.82) is 0 Å². The summed E-state index contributed by atoms with van der Waals surface area (Å²) in [5.74, 6) is 9.02. The topological polar surface area (TPSA) is 171 Å². The molecule has 0 aliphatic carbocycles. The maximum atomic E-state index is 10.3. The molecule has 10 nitrogen and oxygen atoms in total. The first kappa shape index (κ1) is 19.0. The van der Waals surface area contributed by atoms with E-state index in [0.717, 1.165) is 5.82 Å². The van der Waals surface area contributed by atoms with Crippen LogP contribution in [0.4, 0.5) is 23.0 Å². The first-order chi connectivity index (χ1) is 10.6. The number of hydrazine groups is 1. The third-order valence-electron chi connectivity index (χ3n) is 2.30. The van der Waals surface area contributed by atoms with E-state index in [1.165, 1.54) is 18.3 Å². The Kier molecular flexibility index (Phi) is 9.31. The summed E-state index contributed by atoms with van der Waals surface area (Å²) >= 11 is 0. The Morgan fingerprint density at radius 1 is 1.05 bits per heavy atom. The number of nitrogens with two attached hydrogens (primary N) is 3. The van der Waals surface area contributed by atoms with Gasteiger partial charge in [-0.1, -0.05) is 0 Å². The van der Waals surface area contributed by atoms with Gasteiger partial charge in [-0.3, -0.25) is 21.8 Å². The molecule has 0 aliphatic heterocycles. The Morgan fingerprint density at radius 2 is 1.55 bits per heavy atom. The molecule has 0 unspecified atom stereocenters. The van der Waals surface area contributed by atoms with Crippen LogP contribution in [0, 0.1) is 10.1 Å². The van der Waals surface area contributed by atoms with Crippen molar-refractivity contribution in [3.63, 3.8) is 0 Å². The van der Waals surface area contributed by atoms with Crippen LogP contribution < -0.4 is 28.1 Å². The van der Waals surface area contributed by atoms with Crippen LogP contribution in [0.3, 0.4) is 0 Å². The van der Waals surface area contributed by atoms with Gasteiger partial charge in [0.05, 0.1) is 10.6 Å². The molecule has 2 aromatic rings. The third kappa shape index (κ3) is 5.98. The molecule has 10 heteroatoms. The molecule has 0 atom stereocenters. The average Bonchev–Trinajstić information content (AvgIpc) is 2.57. The van der Waals surface area contributed by atoms with Gasteiger partial charge < -0.3 is 16.4 Å². The number of hydrogen-bond donors (Lipinski definition) is 5. The van der Waals surface area contributed by atoms with Gasteiger partial charge in [-0.2, -0.15) is 0 Å². The van der Waals surface area contributed by atoms with Crippen molar-refractivity contribution in [2.75, 3.05) is 30.5 Å². The summed E-state index contributed by atoms with van der Waals surface area (Å²) < 4.78 is 0. The Labute approximate surface area is 127 Å². The van der Waals surface area contributed by atoms with Crippen LogP contribution in [-0.4, -0.2) is 29.0 Å². The number of aromatic nitrogens is 2. The van der Waals surface area contributed by atoms with Crippen molar-refractivity contribution >= 4 is 23.0 Å². The molecule has 0 bridgehead atoms. The molecule has 0 fully saturated rings. The summed E-state index contributed by atoms with van der Waals surface area (Å²) in [6.07, 6.45) is 3.20. The summed E-state index contributed by atoms with van der Waals surface area (Å²) in [6, 6.07) is 6.53. The molecule has 22 heavy (non-hydrogen) atoms. The quantitative estimate of drug-likeness (QED) is 0.308. The summed E-state index contributed by atoms with van der Waals surface area (Å²) in [7, 11) is 3.38. The van der Waals surface area contributed by atoms with Crippen LogP contribution >= 0.6 is 0 Å². The van der Waals surface area contributed by atoms with Crippen LogP contribution in [0.15, 0.2) is 36.7 Å². The van der Waals surface area contributed by atoms with E-state index in [-0.39, 0.29) is 11.5 Å². The van der Waals surface area contributed by atoms with Crippen molar-refractivity contribution in [3.05, 3.63) is 46.8 Å². The lowest BCUT2D eigenvalue weighted by Gasteiger charge is -1.99. The molecule has 8 N–H and O–H groups in total. The van der Waals surface area contributed by atoms with Crippen LogP contribution in [0.25, 0.3) is 0 Å². The van der Waals surface area contributed by atoms with Crippen molar-refractivity contribution in [3.8, 4) is 0 Å². The van der Waals surface area contributed by atoms with Gasteiger partial charge in [-0.15, -0.1) is 0 Å². The molecule has 2 rings (SSSR count). The normalized spacial score (nSPS) is 8.55. The molecule has 0 aliphatic rings.